The van der Waals surface area contributed by atoms with Crippen LogP contribution in [-0.4, -0.2) is 31.8 Å². The lowest BCUT2D eigenvalue weighted by Crippen LogP contribution is -2.29. The number of aliphatic hydroxyl groups is 1. The van der Waals surface area contributed by atoms with Crippen molar-refractivity contribution in [3.8, 4) is 0 Å². The van der Waals surface area contributed by atoms with Gasteiger partial charge in [0.1, 0.15) is 17.5 Å². The summed E-state index contributed by atoms with van der Waals surface area (Å²) in [6.45, 7) is 0. The number of fused-ring (bicyclic) bond motifs is 1. The molecule has 7 nitrogen and oxygen atoms in total. The summed E-state index contributed by atoms with van der Waals surface area (Å²) in [5.74, 6) is 1.70. The van der Waals surface area contributed by atoms with Gasteiger partial charge < -0.3 is 20.3 Å². The van der Waals surface area contributed by atoms with E-state index < -0.39 is 0 Å². The second-order valence-electron chi connectivity index (χ2n) is 7.19. The molecule has 1 aliphatic rings. The third kappa shape index (κ3) is 3.95. The minimum Gasteiger partial charge on any atom is -0.393 e. The Bertz CT molecular complexity index is 1060. The van der Waals surface area contributed by atoms with Gasteiger partial charge in [0.2, 0.25) is 0 Å². The molecular weight excluding hydrogens is 378 g/mol. The lowest BCUT2D eigenvalue weighted by Gasteiger charge is -2.27. The number of nitrogens with zero attached hydrogens (tertiary/aromatic N) is 3. The molecule has 1 aliphatic carbocycles. The fraction of sp³-hybridized carbons (Fsp3) is 0.350. The van der Waals surface area contributed by atoms with E-state index in [9.17, 15) is 9.90 Å². The van der Waals surface area contributed by atoms with Crippen LogP contribution in [0.15, 0.2) is 41.5 Å². The van der Waals surface area contributed by atoms with Crippen molar-refractivity contribution in [2.45, 2.75) is 37.8 Å². The maximum absolute atomic E-state index is 12.7. The van der Waals surface area contributed by atoms with Crippen LogP contribution in [0.4, 0.5) is 17.5 Å². The number of hydrogen-bond donors (Lipinski definition) is 3. The number of aryl methyl sites for hydroxylation is 1. The van der Waals surface area contributed by atoms with Crippen molar-refractivity contribution >= 4 is 39.8 Å². The Morgan fingerprint density at radius 2 is 1.96 bits per heavy atom. The van der Waals surface area contributed by atoms with Crippen LogP contribution in [0.3, 0.4) is 0 Å². The van der Waals surface area contributed by atoms with Crippen LogP contribution in [0, 0.1) is 0 Å². The first-order valence-corrected chi connectivity index (χ1v) is 9.71. The molecule has 3 aromatic rings. The molecule has 0 unspecified atom stereocenters. The number of rotatable bonds is 4. The smallest absolute Gasteiger partial charge is 0.261 e. The zero-order chi connectivity index (χ0) is 19.7. The van der Waals surface area contributed by atoms with Crippen molar-refractivity contribution in [3.05, 3.63) is 52.0 Å². The molecule has 1 fully saturated rings. The predicted octanol–water partition coefficient (Wildman–Crippen LogP) is 3.44. The number of hydrogen-bond acceptors (Lipinski definition) is 6. The predicted molar refractivity (Wildman–Crippen MR) is 111 cm³/mol. The Labute approximate surface area is 167 Å². The zero-order valence-electron chi connectivity index (χ0n) is 15.5. The van der Waals surface area contributed by atoms with Gasteiger partial charge in [0.05, 0.1) is 11.5 Å². The lowest BCUT2D eigenvalue weighted by molar-refractivity contribution is 0.126. The number of aliphatic hydroxyl groups excluding tert-OH is 1. The molecule has 4 rings (SSSR count). The molecule has 0 saturated heterocycles. The molecule has 0 bridgehead atoms. The summed E-state index contributed by atoms with van der Waals surface area (Å²) >= 11 is 6.04. The summed E-state index contributed by atoms with van der Waals surface area (Å²) in [6.07, 6.45) is 6.30. The van der Waals surface area contributed by atoms with E-state index in [1.807, 2.05) is 12.1 Å². The average molecular weight is 400 g/mol. The first-order valence-electron chi connectivity index (χ1n) is 9.33. The van der Waals surface area contributed by atoms with Gasteiger partial charge in [-0.1, -0.05) is 11.6 Å². The lowest BCUT2D eigenvalue weighted by atomic mass is 9.93. The number of aromatic nitrogens is 3. The molecule has 1 saturated carbocycles. The van der Waals surface area contributed by atoms with E-state index >= 15 is 0 Å². The highest BCUT2D eigenvalue weighted by atomic mass is 35.5. The highest BCUT2D eigenvalue weighted by Gasteiger charge is 2.21. The van der Waals surface area contributed by atoms with Crippen LogP contribution >= 0.6 is 11.6 Å². The summed E-state index contributed by atoms with van der Waals surface area (Å²) in [5, 5.41) is 18.3. The fourth-order valence-electron chi connectivity index (χ4n) is 3.54. The third-order valence-corrected chi connectivity index (χ3v) is 5.31. The van der Waals surface area contributed by atoms with Gasteiger partial charge in [-0.25, -0.2) is 9.97 Å². The van der Waals surface area contributed by atoms with Crippen molar-refractivity contribution in [1.29, 1.82) is 0 Å². The van der Waals surface area contributed by atoms with Crippen molar-refractivity contribution < 1.29 is 5.11 Å². The molecule has 0 spiro atoms. The van der Waals surface area contributed by atoms with E-state index in [1.165, 1.54) is 0 Å². The summed E-state index contributed by atoms with van der Waals surface area (Å²) in [7, 11) is 1.73. The van der Waals surface area contributed by atoms with Gasteiger partial charge in [-0.2, -0.15) is 0 Å². The van der Waals surface area contributed by atoms with Gasteiger partial charge in [0.25, 0.3) is 5.56 Å². The summed E-state index contributed by atoms with van der Waals surface area (Å²) in [5.41, 5.74) is -0.101. The maximum atomic E-state index is 12.7. The topological polar surface area (TPSA) is 92.1 Å². The van der Waals surface area contributed by atoms with Gasteiger partial charge in [-0.3, -0.25) is 4.79 Å². The van der Waals surface area contributed by atoms with Crippen molar-refractivity contribution in [2.24, 2.45) is 7.05 Å². The number of pyridine rings is 3. The largest absolute Gasteiger partial charge is 0.393 e. The first-order chi connectivity index (χ1) is 13.5. The SMILES string of the molecule is Cn1ccc2cc(Nc3cc(Cl)ccn3)nc(N[C@H]3CC[C@H](O)CC3)c2c1=O. The molecule has 0 aliphatic heterocycles. The van der Waals surface area contributed by atoms with Gasteiger partial charge >= 0.3 is 0 Å². The minimum atomic E-state index is -0.238. The molecule has 0 aromatic carbocycles. The second-order valence-corrected chi connectivity index (χ2v) is 7.62. The fourth-order valence-corrected chi connectivity index (χ4v) is 3.70. The number of anilines is 3. The number of nitrogens with one attached hydrogen (secondary N) is 2. The Morgan fingerprint density at radius 3 is 2.71 bits per heavy atom. The normalized spacial score (nSPS) is 19.5. The summed E-state index contributed by atoms with van der Waals surface area (Å²) in [4.78, 5) is 21.7. The van der Waals surface area contributed by atoms with Crippen molar-refractivity contribution in [3.63, 3.8) is 0 Å². The van der Waals surface area contributed by atoms with Gasteiger partial charge in [-0.05, 0) is 55.3 Å². The van der Waals surface area contributed by atoms with E-state index in [2.05, 4.69) is 20.6 Å². The van der Waals surface area contributed by atoms with Crippen LogP contribution in [-0.2, 0) is 7.05 Å². The molecule has 8 heteroatoms. The zero-order valence-corrected chi connectivity index (χ0v) is 16.3. The van der Waals surface area contributed by atoms with E-state index in [0.717, 1.165) is 31.1 Å². The Morgan fingerprint density at radius 1 is 1.18 bits per heavy atom. The Kier molecular flexibility index (Phi) is 5.19. The van der Waals surface area contributed by atoms with Gasteiger partial charge in [0, 0.05) is 30.5 Å². The first kappa shape index (κ1) is 18.7. The maximum Gasteiger partial charge on any atom is 0.261 e. The molecular formula is C20H22ClN5O2. The summed E-state index contributed by atoms with van der Waals surface area (Å²) in [6, 6.07) is 7.31. The van der Waals surface area contributed by atoms with Crippen molar-refractivity contribution in [1.82, 2.24) is 14.5 Å². The van der Waals surface area contributed by atoms with Crippen LogP contribution < -0.4 is 16.2 Å². The van der Waals surface area contributed by atoms with Crippen LogP contribution in [0.2, 0.25) is 5.02 Å². The Balaban J connectivity index is 1.73. The van der Waals surface area contributed by atoms with E-state index in [1.54, 1.807) is 36.1 Å². The van der Waals surface area contributed by atoms with E-state index in [-0.39, 0.29) is 17.7 Å². The summed E-state index contributed by atoms with van der Waals surface area (Å²) < 4.78 is 1.55. The van der Waals surface area contributed by atoms with Crippen LogP contribution in [0.1, 0.15) is 25.7 Å². The van der Waals surface area contributed by atoms with E-state index in [0.29, 0.717) is 27.9 Å². The van der Waals surface area contributed by atoms with Gasteiger partial charge in [0.15, 0.2) is 0 Å². The highest BCUT2D eigenvalue weighted by Crippen LogP contribution is 2.28. The minimum absolute atomic E-state index is 0.101. The monoisotopic (exact) mass is 399 g/mol. The molecule has 3 heterocycles. The average Bonchev–Trinajstić information content (AvgIpc) is 2.66. The van der Waals surface area contributed by atoms with Crippen LogP contribution in [0.5, 0.6) is 0 Å². The van der Waals surface area contributed by atoms with Crippen LogP contribution in [0.25, 0.3) is 10.8 Å². The second kappa shape index (κ2) is 7.77. The number of halogens is 1. The standard InChI is InChI=1S/C20H22ClN5O2/c1-26-9-7-12-10-17(24-16-11-13(21)6-8-22-16)25-19(18(12)20(26)28)23-14-2-4-15(27)5-3-14/h6-11,14-15,27H,2-5H2,1H3,(H2,22,23,24,25)/t14-,15-. The molecule has 3 N–H and O–H groups in total. The van der Waals surface area contributed by atoms with E-state index in [4.69, 9.17) is 11.6 Å². The van der Waals surface area contributed by atoms with Gasteiger partial charge in [-0.15, -0.1) is 0 Å². The molecule has 0 amide bonds. The molecule has 3 aromatic heterocycles. The molecule has 0 radical (unpaired) electrons. The molecule has 0 atom stereocenters. The molecule has 146 valence electrons. The molecule has 28 heavy (non-hydrogen) atoms. The highest BCUT2D eigenvalue weighted by molar-refractivity contribution is 6.30. The third-order valence-electron chi connectivity index (χ3n) is 5.08. The van der Waals surface area contributed by atoms with Crippen molar-refractivity contribution in [2.75, 3.05) is 10.6 Å². The quantitative estimate of drug-likeness (QED) is 0.622. The Hall–Kier alpha value is -2.64.